The second kappa shape index (κ2) is 4.41. The minimum atomic E-state index is 0. The fourth-order valence-corrected chi connectivity index (χ4v) is 2.71. The molecule has 1 nitrogen and oxygen atoms in total. The number of hydrogen-bond donors (Lipinski definition) is 0. The zero-order valence-electron chi connectivity index (χ0n) is 8.47. The van der Waals surface area contributed by atoms with Crippen LogP contribution < -0.4 is 51.4 Å². The molecule has 64 valence electrons. The maximum Gasteiger partial charge on any atom is 1.00 e. The van der Waals surface area contributed by atoms with Gasteiger partial charge < -0.3 is 11.8 Å². The van der Waals surface area contributed by atoms with Crippen LogP contribution in [0.4, 0.5) is 0 Å². The third-order valence-electron chi connectivity index (χ3n) is 3.38. The van der Waals surface area contributed by atoms with Crippen LogP contribution in [0, 0.1) is 18.3 Å². The monoisotopic (exact) mass is 191 g/mol. The van der Waals surface area contributed by atoms with E-state index in [0.29, 0.717) is 0 Å². The third kappa shape index (κ3) is 2.34. The van der Waals surface area contributed by atoms with Gasteiger partial charge in [0.25, 0.3) is 0 Å². The van der Waals surface area contributed by atoms with Gasteiger partial charge in [0, 0.05) is 13.1 Å². The summed E-state index contributed by atoms with van der Waals surface area (Å²) in [6, 6.07) is 0. The van der Waals surface area contributed by atoms with Crippen molar-refractivity contribution in [2.75, 3.05) is 20.1 Å². The van der Waals surface area contributed by atoms with Gasteiger partial charge in [-0.1, -0.05) is 12.8 Å². The second-order valence-electron chi connectivity index (χ2n) is 4.62. The number of hydrogen-bond acceptors (Lipinski definition) is 1. The van der Waals surface area contributed by atoms with Gasteiger partial charge in [0.1, 0.15) is 0 Å². The van der Waals surface area contributed by atoms with E-state index >= 15 is 0 Å². The molecule has 1 saturated carbocycles. The fraction of sp³-hybridized carbons (Fsp3) is 0.900. The van der Waals surface area contributed by atoms with Crippen molar-refractivity contribution < 1.29 is 51.4 Å². The summed E-state index contributed by atoms with van der Waals surface area (Å²) in [7, 11) is 2.22. The fourth-order valence-electron chi connectivity index (χ4n) is 2.71. The first-order valence-electron chi connectivity index (χ1n) is 4.72. The van der Waals surface area contributed by atoms with Gasteiger partial charge in [-0.3, -0.25) is 0 Å². The van der Waals surface area contributed by atoms with Crippen LogP contribution in [-0.2, 0) is 0 Å². The van der Waals surface area contributed by atoms with E-state index in [0.717, 1.165) is 11.3 Å². The maximum atomic E-state index is 4.13. The summed E-state index contributed by atoms with van der Waals surface area (Å²) in [5.74, 6) is 0.756. The summed E-state index contributed by atoms with van der Waals surface area (Å²) in [6.07, 6.45) is 5.61. The number of likely N-dealkylation sites (tertiary alicyclic amines) is 1. The molecule has 1 heterocycles. The largest absolute Gasteiger partial charge is 1.00 e. The van der Waals surface area contributed by atoms with Gasteiger partial charge in [-0.15, -0.1) is 0 Å². The van der Waals surface area contributed by atoms with Gasteiger partial charge in [-0.2, -0.15) is 5.92 Å². The van der Waals surface area contributed by atoms with Crippen molar-refractivity contribution in [1.82, 2.24) is 4.90 Å². The molecular weight excluding hydrogens is 173 g/mol. The molecule has 0 radical (unpaired) electrons. The Balaban J connectivity index is 0.000000720. The SMILES string of the molecule is [CH2-]C1CCC2(CC1)CN(C)C2.[K+]. The van der Waals surface area contributed by atoms with Crippen molar-refractivity contribution in [1.29, 1.82) is 0 Å². The van der Waals surface area contributed by atoms with Gasteiger partial charge in [0.05, 0.1) is 0 Å². The molecule has 2 heteroatoms. The van der Waals surface area contributed by atoms with Crippen LogP contribution >= 0.6 is 0 Å². The molecular formula is C10H18KN. The van der Waals surface area contributed by atoms with E-state index in [1.54, 1.807) is 0 Å². The molecule has 0 unspecified atom stereocenters. The van der Waals surface area contributed by atoms with Crippen LogP contribution in [0.2, 0.25) is 0 Å². The molecule has 0 aromatic carbocycles. The molecule has 1 aliphatic carbocycles. The normalized spacial score (nSPS) is 29.5. The molecule has 12 heavy (non-hydrogen) atoms. The maximum absolute atomic E-state index is 4.13. The zero-order chi connectivity index (χ0) is 7.90. The number of nitrogens with zero attached hydrogens (tertiary/aromatic N) is 1. The van der Waals surface area contributed by atoms with Crippen molar-refractivity contribution >= 4 is 0 Å². The Morgan fingerprint density at radius 2 is 1.75 bits per heavy atom. The van der Waals surface area contributed by atoms with Crippen LogP contribution in [0.1, 0.15) is 25.7 Å². The number of rotatable bonds is 0. The van der Waals surface area contributed by atoms with E-state index in [9.17, 15) is 0 Å². The average molecular weight is 191 g/mol. The van der Waals surface area contributed by atoms with Crippen LogP contribution in [0.3, 0.4) is 0 Å². The second-order valence-corrected chi connectivity index (χ2v) is 4.62. The van der Waals surface area contributed by atoms with E-state index in [1.807, 2.05) is 0 Å². The summed E-state index contributed by atoms with van der Waals surface area (Å²) >= 11 is 0. The molecule has 0 aromatic rings. The van der Waals surface area contributed by atoms with E-state index in [-0.39, 0.29) is 51.4 Å². The minimum absolute atomic E-state index is 0. The van der Waals surface area contributed by atoms with Gasteiger partial charge >= 0.3 is 51.4 Å². The van der Waals surface area contributed by atoms with Crippen molar-refractivity contribution in [3.63, 3.8) is 0 Å². The van der Waals surface area contributed by atoms with Gasteiger partial charge in [0.15, 0.2) is 0 Å². The van der Waals surface area contributed by atoms with Crippen LogP contribution in [0.25, 0.3) is 0 Å². The first-order valence-corrected chi connectivity index (χ1v) is 4.72. The molecule has 0 aromatic heterocycles. The molecule has 2 fully saturated rings. The predicted octanol–water partition coefficient (Wildman–Crippen LogP) is -1.05. The Kier molecular flexibility index (Phi) is 4.29. The Morgan fingerprint density at radius 3 is 2.17 bits per heavy atom. The quantitative estimate of drug-likeness (QED) is 0.349. The van der Waals surface area contributed by atoms with Crippen molar-refractivity contribution in [2.24, 2.45) is 11.3 Å². The topological polar surface area (TPSA) is 3.24 Å². The van der Waals surface area contributed by atoms with Crippen LogP contribution in [0.5, 0.6) is 0 Å². The molecule has 1 saturated heterocycles. The van der Waals surface area contributed by atoms with Crippen LogP contribution in [0.15, 0.2) is 0 Å². The Hall–Kier alpha value is 1.60. The predicted molar refractivity (Wildman–Crippen MR) is 47.2 cm³/mol. The Morgan fingerprint density at radius 1 is 1.25 bits per heavy atom. The average Bonchev–Trinajstić information content (AvgIpc) is 1.92. The molecule has 1 spiro atoms. The van der Waals surface area contributed by atoms with Crippen molar-refractivity contribution in [3.8, 4) is 0 Å². The van der Waals surface area contributed by atoms with Crippen LogP contribution in [-0.4, -0.2) is 25.0 Å². The summed E-state index contributed by atoms with van der Waals surface area (Å²) in [5, 5.41) is 0. The first-order chi connectivity index (χ1) is 5.20. The molecule has 2 rings (SSSR count). The first kappa shape index (κ1) is 11.7. The summed E-state index contributed by atoms with van der Waals surface area (Å²) < 4.78 is 0. The molecule has 0 atom stereocenters. The van der Waals surface area contributed by atoms with E-state index in [1.165, 1.54) is 38.8 Å². The van der Waals surface area contributed by atoms with Gasteiger partial charge in [0.2, 0.25) is 0 Å². The molecule has 0 amide bonds. The van der Waals surface area contributed by atoms with Crippen molar-refractivity contribution in [3.05, 3.63) is 6.92 Å². The summed E-state index contributed by atoms with van der Waals surface area (Å²) in [5.41, 5.74) is 0.739. The standard InChI is InChI=1S/C10H18N.K/c1-9-3-5-10(6-4-9)7-11(2)8-10;/h9H,1,3-8H2,2H3;/q-1;+1. The molecule has 1 aliphatic heterocycles. The third-order valence-corrected chi connectivity index (χ3v) is 3.38. The Bertz CT molecular complexity index is 142. The van der Waals surface area contributed by atoms with E-state index in [4.69, 9.17) is 0 Å². The van der Waals surface area contributed by atoms with Gasteiger partial charge in [-0.25, -0.2) is 0 Å². The zero-order valence-corrected chi connectivity index (χ0v) is 11.6. The summed E-state index contributed by atoms with van der Waals surface area (Å²) in [6.45, 7) is 6.82. The Labute approximate surface area is 119 Å². The smallest absolute Gasteiger partial charge is 0.340 e. The van der Waals surface area contributed by atoms with E-state index < -0.39 is 0 Å². The minimum Gasteiger partial charge on any atom is -0.340 e. The van der Waals surface area contributed by atoms with E-state index in [2.05, 4.69) is 18.9 Å². The summed E-state index contributed by atoms with van der Waals surface area (Å²) in [4.78, 5) is 2.43. The molecule has 2 aliphatic rings. The molecule has 0 bridgehead atoms. The molecule has 0 N–H and O–H groups in total. The van der Waals surface area contributed by atoms with Crippen molar-refractivity contribution in [2.45, 2.75) is 25.7 Å². The van der Waals surface area contributed by atoms with Gasteiger partial charge in [-0.05, 0) is 25.3 Å².